The van der Waals surface area contributed by atoms with Crippen molar-refractivity contribution in [3.8, 4) is 6.07 Å². The molecule has 0 bridgehead atoms. The zero-order chi connectivity index (χ0) is 15.6. The van der Waals surface area contributed by atoms with Gasteiger partial charge in [0, 0.05) is 12.6 Å². The molecule has 112 valence electrons. The standard InChI is InChI=1S/C14H16N2O4S/c1-10-8-11(9-15)2-5-13(10)21(19,20)16(12-3-4-12)7-6-14(17)18/h2,5,8,12H,3-4,6-7H2,1H3,(H,17,18). The van der Waals surface area contributed by atoms with Crippen LogP contribution in [0, 0.1) is 18.3 Å². The van der Waals surface area contributed by atoms with Crippen LogP contribution in [0.3, 0.4) is 0 Å². The first kappa shape index (κ1) is 15.5. The Morgan fingerprint density at radius 1 is 1.48 bits per heavy atom. The molecule has 1 fully saturated rings. The van der Waals surface area contributed by atoms with Crippen LogP contribution in [0.1, 0.15) is 30.4 Å². The minimum Gasteiger partial charge on any atom is -0.481 e. The van der Waals surface area contributed by atoms with E-state index in [1.54, 1.807) is 6.92 Å². The van der Waals surface area contributed by atoms with Crippen LogP contribution in [0.4, 0.5) is 0 Å². The average molecular weight is 308 g/mol. The smallest absolute Gasteiger partial charge is 0.304 e. The summed E-state index contributed by atoms with van der Waals surface area (Å²) in [7, 11) is -3.73. The van der Waals surface area contributed by atoms with Crippen LogP contribution in [0.5, 0.6) is 0 Å². The zero-order valence-corrected chi connectivity index (χ0v) is 12.4. The molecule has 1 aliphatic carbocycles. The average Bonchev–Trinajstić information content (AvgIpc) is 3.22. The van der Waals surface area contributed by atoms with Crippen molar-refractivity contribution in [2.24, 2.45) is 0 Å². The van der Waals surface area contributed by atoms with E-state index in [-0.39, 0.29) is 23.9 Å². The van der Waals surface area contributed by atoms with Gasteiger partial charge in [0.2, 0.25) is 10.0 Å². The summed E-state index contributed by atoms with van der Waals surface area (Å²) in [5, 5.41) is 17.6. The summed E-state index contributed by atoms with van der Waals surface area (Å²) in [4.78, 5) is 10.8. The van der Waals surface area contributed by atoms with E-state index in [1.807, 2.05) is 6.07 Å². The van der Waals surface area contributed by atoms with Gasteiger partial charge in [-0.3, -0.25) is 4.79 Å². The van der Waals surface area contributed by atoms with Crippen molar-refractivity contribution in [3.63, 3.8) is 0 Å². The Morgan fingerprint density at radius 3 is 2.62 bits per heavy atom. The molecular weight excluding hydrogens is 292 g/mol. The van der Waals surface area contributed by atoms with Gasteiger partial charge in [-0.2, -0.15) is 9.57 Å². The van der Waals surface area contributed by atoms with Gasteiger partial charge in [-0.1, -0.05) is 0 Å². The lowest BCUT2D eigenvalue weighted by Crippen LogP contribution is -2.35. The summed E-state index contributed by atoms with van der Waals surface area (Å²) >= 11 is 0. The molecule has 0 aromatic heterocycles. The third-order valence-electron chi connectivity index (χ3n) is 3.39. The number of hydrogen-bond acceptors (Lipinski definition) is 4. The maximum Gasteiger partial charge on any atom is 0.304 e. The predicted molar refractivity (Wildman–Crippen MR) is 75.1 cm³/mol. The molecule has 0 aliphatic heterocycles. The van der Waals surface area contributed by atoms with E-state index in [2.05, 4.69) is 0 Å². The fourth-order valence-corrected chi connectivity index (χ4v) is 4.10. The second kappa shape index (κ2) is 5.84. The topological polar surface area (TPSA) is 98.5 Å². The Hall–Kier alpha value is -1.91. The lowest BCUT2D eigenvalue weighted by Gasteiger charge is -2.22. The normalized spacial score (nSPS) is 14.9. The van der Waals surface area contributed by atoms with E-state index < -0.39 is 16.0 Å². The first-order valence-electron chi connectivity index (χ1n) is 6.60. The molecular formula is C14H16N2O4S. The fourth-order valence-electron chi connectivity index (χ4n) is 2.20. The van der Waals surface area contributed by atoms with Gasteiger partial charge in [0.1, 0.15) is 0 Å². The highest BCUT2D eigenvalue weighted by Crippen LogP contribution is 2.33. The maximum atomic E-state index is 12.7. The monoisotopic (exact) mass is 308 g/mol. The summed E-state index contributed by atoms with van der Waals surface area (Å²) in [5.74, 6) is -1.02. The number of aliphatic carboxylic acids is 1. The second-order valence-corrected chi connectivity index (χ2v) is 6.94. The van der Waals surface area contributed by atoms with Crippen molar-refractivity contribution >= 4 is 16.0 Å². The number of benzene rings is 1. The van der Waals surface area contributed by atoms with Gasteiger partial charge >= 0.3 is 5.97 Å². The van der Waals surface area contributed by atoms with E-state index in [0.717, 1.165) is 12.8 Å². The van der Waals surface area contributed by atoms with Gasteiger partial charge in [-0.15, -0.1) is 0 Å². The summed E-state index contributed by atoms with van der Waals surface area (Å²) in [6.45, 7) is 1.61. The van der Waals surface area contributed by atoms with Crippen LogP contribution >= 0.6 is 0 Å². The molecule has 1 aromatic rings. The third kappa shape index (κ3) is 3.40. The van der Waals surface area contributed by atoms with Gasteiger partial charge in [0.25, 0.3) is 0 Å². The molecule has 1 saturated carbocycles. The molecule has 0 radical (unpaired) electrons. The molecule has 1 aromatic carbocycles. The number of hydrogen-bond donors (Lipinski definition) is 1. The van der Waals surface area contributed by atoms with Crippen molar-refractivity contribution in [1.29, 1.82) is 5.26 Å². The largest absolute Gasteiger partial charge is 0.481 e. The Bertz CT molecular complexity index is 702. The van der Waals surface area contributed by atoms with Crippen molar-refractivity contribution in [2.45, 2.75) is 37.1 Å². The van der Waals surface area contributed by atoms with E-state index in [4.69, 9.17) is 10.4 Å². The van der Waals surface area contributed by atoms with Crippen molar-refractivity contribution in [1.82, 2.24) is 4.31 Å². The number of carbonyl (C=O) groups is 1. The van der Waals surface area contributed by atoms with Crippen LogP contribution in [0.25, 0.3) is 0 Å². The van der Waals surface area contributed by atoms with Crippen LogP contribution in [-0.4, -0.2) is 36.4 Å². The first-order chi connectivity index (χ1) is 9.86. The number of carboxylic acids is 1. The fraction of sp³-hybridized carbons (Fsp3) is 0.429. The van der Waals surface area contributed by atoms with E-state index in [1.165, 1.54) is 22.5 Å². The molecule has 0 amide bonds. The zero-order valence-electron chi connectivity index (χ0n) is 11.6. The number of rotatable bonds is 6. The maximum absolute atomic E-state index is 12.7. The van der Waals surface area contributed by atoms with Gasteiger partial charge in [-0.25, -0.2) is 8.42 Å². The molecule has 21 heavy (non-hydrogen) atoms. The quantitative estimate of drug-likeness (QED) is 0.858. The highest BCUT2D eigenvalue weighted by molar-refractivity contribution is 7.89. The molecule has 1 N–H and O–H groups in total. The van der Waals surface area contributed by atoms with Gasteiger partial charge in [0.15, 0.2) is 0 Å². The summed E-state index contributed by atoms with van der Waals surface area (Å²) in [6.07, 6.45) is 1.30. The third-order valence-corrected chi connectivity index (χ3v) is 5.50. The molecule has 0 heterocycles. The van der Waals surface area contributed by atoms with E-state index in [0.29, 0.717) is 11.1 Å². The number of aryl methyl sites for hydroxylation is 1. The minimum atomic E-state index is -3.73. The molecule has 0 spiro atoms. The van der Waals surface area contributed by atoms with Crippen LogP contribution in [0.15, 0.2) is 23.1 Å². The van der Waals surface area contributed by atoms with Crippen LogP contribution in [0.2, 0.25) is 0 Å². The van der Waals surface area contributed by atoms with Crippen molar-refractivity contribution < 1.29 is 18.3 Å². The number of sulfonamides is 1. The SMILES string of the molecule is Cc1cc(C#N)ccc1S(=O)(=O)N(CCC(=O)O)C1CC1. The highest BCUT2D eigenvalue weighted by Gasteiger charge is 2.38. The summed E-state index contributed by atoms with van der Waals surface area (Å²) < 4.78 is 26.7. The molecule has 0 atom stereocenters. The lowest BCUT2D eigenvalue weighted by molar-refractivity contribution is -0.137. The number of nitrogens with zero attached hydrogens (tertiary/aromatic N) is 2. The van der Waals surface area contributed by atoms with Gasteiger partial charge in [0.05, 0.1) is 22.9 Å². The molecule has 1 aliphatic rings. The molecule has 0 saturated heterocycles. The van der Waals surface area contributed by atoms with Crippen molar-refractivity contribution in [2.75, 3.05) is 6.54 Å². The second-order valence-electron chi connectivity index (χ2n) is 5.08. The Morgan fingerprint density at radius 2 is 2.14 bits per heavy atom. The highest BCUT2D eigenvalue weighted by atomic mass is 32.2. The predicted octanol–water partition coefficient (Wildman–Crippen LogP) is 1.49. The van der Waals surface area contributed by atoms with Crippen LogP contribution in [-0.2, 0) is 14.8 Å². The first-order valence-corrected chi connectivity index (χ1v) is 8.04. The van der Waals surface area contributed by atoms with Gasteiger partial charge < -0.3 is 5.11 Å². The molecule has 6 nitrogen and oxygen atoms in total. The Labute approximate surface area is 123 Å². The molecule has 2 rings (SSSR count). The number of carboxylic acid groups (broad SMARTS) is 1. The Kier molecular flexibility index (Phi) is 4.30. The van der Waals surface area contributed by atoms with Crippen LogP contribution < -0.4 is 0 Å². The molecule has 0 unspecified atom stereocenters. The summed E-state index contributed by atoms with van der Waals surface area (Å²) in [6, 6.07) is 6.26. The van der Waals surface area contributed by atoms with E-state index >= 15 is 0 Å². The van der Waals surface area contributed by atoms with Gasteiger partial charge in [-0.05, 0) is 43.5 Å². The van der Waals surface area contributed by atoms with E-state index in [9.17, 15) is 13.2 Å². The van der Waals surface area contributed by atoms with Crippen molar-refractivity contribution in [3.05, 3.63) is 29.3 Å². The molecule has 7 heteroatoms. The lowest BCUT2D eigenvalue weighted by atomic mass is 10.2. The summed E-state index contributed by atoms with van der Waals surface area (Å²) in [5.41, 5.74) is 0.894. The minimum absolute atomic E-state index is 0.0260. The number of nitriles is 1. The Balaban J connectivity index is 2.34.